The minimum atomic E-state index is -0.627. The summed E-state index contributed by atoms with van der Waals surface area (Å²) in [7, 11) is 0. The molecule has 1 rings (SSSR count). The largest absolute Gasteiger partial charge is 0.355 e. The van der Waals surface area contributed by atoms with Crippen molar-refractivity contribution >= 4 is 17.9 Å². The van der Waals surface area contributed by atoms with Crippen LogP contribution in [0.15, 0.2) is 30.3 Å². The molecule has 0 heterocycles. The molecule has 1 unspecified atom stereocenters. The van der Waals surface area contributed by atoms with Crippen LogP contribution in [0.5, 0.6) is 0 Å². The standard InChI is InChI=1S/C14H17FN2O2/c1-3-16-14(19)10(2)17-13(18)9-8-11-6-4-5-7-12(11)15/h4-10H,3H2,1-2H3,(H,16,19)(H,17,18)/b9-8+. The topological polar surface area (TPSA) is 58.2 Å². The average molecular weight is 264 g/mol. The Balaban J connectivity index is 2.56. The maximum atomic E-state index is 13.3. The van der Waals surface area contributed by atoms with Gasteiger partial charge in [0.2, 0.25) is 11.8 Å². The highest BCUT2D eigenvalue weighted by Crippen LogP contribution is 2.07. The number of amides is 2. The fourth-order valence-corrected chi connectivity index (χ4v) is 1.43. The minimum absolute atomic E-state index is 0.254. The van der Waals surface area contributed by atoms with E-state index in [2.05, 4.69) is 10.6 Å². The van der Waals surface area contributed by atoms with E-state index in [-0.39, 0.29) is 5.91 Å². The van der Waals surface area contributed by atoms with Gasteiger partial charge < -0.3 is 10.6 Å². The molecule has 0 fully saturated rings. The van der Waals surface area contributed by atoms with Crippen LogP contribution in [-0.4, -0.2) is 24.4 Å². The van der Waals surface area contributed by atoms with Crippen LogP contribution in [-0.2, 0) is 9.59 Å². The molecule has 1 atom stereocenters. The highest BCUT2D eigenvalue weighted by molar-refractivity contribution is 5.95. The lowest BCUT2D eigenvalue weighted by Gasteiger charge is -2.11. The van der Waals surface area contributed by atoms with Gasteiger partial charge in [0.25, 0.3) is 0 Å². The Bertz CT molecular complexity index is 486. The first-order valence-corrected chi connectivity index (χ1v) is 6.05. The highest BCUT2D eigenvalue weighted by Gasteiger charge is 2.12. The highest BCUT2D eigenvalue weighted by atomic mass is 19.1. The third-order valence-corrected chi connectivity index (χ3v) is 2.42. The predicted octanol–water partition coefficient (Wildman–Crippen LogP) is 1.48. The molecule has 0 saturated carbocycles. The maximum absolute atomic E-state index is 13.3. The zero-order valence-electron chi connectivity index (χ0n) is 10.9. The second kappa shape index (κ2) is 7.31. The number of benzene rings is 1. The van der Waals surface area contributed by atoms with Crippen LogP contribution < -0.4 is 10.6 Å². The van der Waals surface area contributed by atoms with Crippen LogP contribution in [0.2, 0.25) is 0 Å². The van der Waals surface area contributed by atoms with E-state index in [0.29, 0.717) is 12.1 Å². The van der Waals surface area contributed by atoms with Crippen LogP contribution in [0, 0.1) is 5.82 Å². The van der Waals surface area contributed by atoms with Gasteiger partial charge in [-0.1, -0.05) is 18.2 Å². The number of carbonyl (C=O) groups is 2. The van der Waals surface area contributed by atoms with Crippen molar-refractivity contribution in [3.8, 4) is 0 Å². The Morgan fingerprint density at radius 1 is 1.37 bits per heavy atom. The van der Waals surface area contributed by atoms with Crippen molar-refractivity contribution in [2.24, 2.45) is 0 Å². The van der Waals surface area contributed by atoms with Crippen molar-refractivity contribution in [1.82, 2.24) is 10.6 Å². The Labute approximate surface area is 111 Å². The maximum Gasteiger partial charge on any atom is 0.244 e. The predicted molar refractivity (Wildman–Crippen MR) is 71.7 cm³/mol. The Hall–Kier alpha value is -2.17. The lowest BCUT2D eigenvalue weighted by atomic mass is 10.2. The first-order valence-electron chi connectivity index (χ1n) is 6.05. The second-order valence-electron chi connectivity index (χ2n) is 3.98. The number of likely N-dealkylation sites (N-methyl/N-ethyl adjacent to an activating group) is 1. The molecule has 1 aromatic carbocycles. The molecule has 0 aromatic heterocycles. The molecule has 5 heteroatoms. The van der Waals surface area contributed by atoms with Gasteiger partial charge in [-0.3, -0.25) is 9.59 Å². The van der Waals surface area contributed by atoms with E-state index < -0.39 is 17.8 Å². The van der Waals surface area contributed by atoms with Crippen molar-refractivity contribution in [2.45, 2.75) is 19.9 Å². The Kier molecular flexibility index (Phi) is 5.73. The van der Waals surface area contributed by atoms with Crippen LogP contribution in [0.1, 0.15) is 19.4 Å². The molecule has 2 amide bonds. The number of nitrogens with one attached hydrogen (secondary N) is 2. The van der Waals surface area contributed by atoms with Crippen molar-refractivity contribution < 1.29 is 14.0 Å². The summed E-state index contributed by atoms with van der Waals surface area (Å²) in [6, 6.07) is 5.50. The quantitative estimate of drug-likeness (QED) is 0.791. The van der Waals surface area contributed by atoms with E-state index >= 15 is 0 Å². The lowest BCUT2D eigenvalue weighted by Crippen LogP contribution is -2.44. The van der Waals surface area contributed by atoms with Gasteiger partial charge in [-0.05, 0) is 26.0 Å². The van der Waals surface area contributed by atoms with E-state index in [0.717, 1.165) is 0 Å². The van der Waals surface area contributed by atoms with Gasteiger partial charge in [0, 0.05) is 18.2 Å². The first kappa shape index (κ1) is 14.9. The van der Waals surface area contributed by atoms with Crippen LogP contribution in [0.25, 0.3) is 6.08 Å². The summed E-state index contributed by atoms with van der Waals surface area (Å²) in [5, 5.41) is 5.09. The van der Waals surface area contributed by atoms with Crippen LogP contribution in [0.4, 0.5) is 4.39 Å². The van der Waals surface area contributed by atoms with Crippen molar-refractivity contribution in [2.75, 3.05) is 6.54 Å². The molecule has 0 bridgehead atoms. The van der Waals surface area contributed by atoms with Gasteiger partial charge in [0.15, 0.2) is 0 Å². The summed E-state index contributed by atoms with van der Waals surface area (Å²) in [4.78, 5) is 22.9. The number of rotatable bonds is 5. The third-order valence-electron chi connectivity index (χ3n) is 2.42. The number of hydrogen-bond acceptors (Lipinski definition) is 2. The normalized spacial score (nSPS) is 12.2. The lowest BCUT2D eigenvalue weighted by molar-refractivity contribution is -0.126. The Morgan fingerprint density at radius 3 is 2.68 bits per heavy atom. The fraction of sp³-hybridized carbons (Fsp3) is 0.286. The van der Waals surface area contributed by atoms with Crippen molar-refractivity contribution in [3.63, 3.8) is 0 Å². The molecule has 0 radical (unpaired) electrons. The van der Waals surface area contributed by atoms with E-state index in [4.69, 9.17) is 0 Å². The number of carbonyl (C=O) groups excluding carboxylic acids is 2. The summed E-state index contributed by atoms with van der Waals surface area (Å²) in [6.45, 7) is 3.88. The van der Waals surface area contributed by atoms with Gasteiger partial charge in [0.1, 0.15) is 11.9 Å². The van der Waals surface area contributed by atoms with Gasteiger partial charge in [0.05, 0.1) is 0 Å². The molecule has 102 valence electrons. The van der Waals surface area contributed by atoms with Gasteiger partial charge >= 0.3 is 0 Å². The number of halogens is 1. The van der Waals surface area contributed by atoms with Crippen LogP contribution >= 0.6 is 0 Å². The smallest absolute Gasteiger partial charge is 0.244 e. The molecule has 0 aliphatic carbocycles. The molecule has 0 saturated heterocycles. The second-order valence-corrected chi connectivity index (χ2v) is 3.98. The van der Waals surface area contributed by atoms with Crippen LogP contribution in [0.3, 0.4) is 0 Å². The summed E-state index contributed by atoms with van der Waals surface area (Å²) >= 11 is 0. The van der Waals surface area contributed by atoms with Crippen molar-refractivity contribution in [3.05, 3.63) is 41.7 Å². The van der Waals surface area contributed by atoms with E-state index in [1.807, 2.05) is 0 Å². The fourth-order valence-electron chi connectivity index (χ4n) is 1.43. The molecule has 4 nitrogen and oxygen atoms in total. The molecule has 19 heavy (non-hydrogen) atoms. The summed E-state index contributed by atoms with van der Waals surface area (Å²) in [6.07, 6.45) is 2.57. The molecule has 2 N–H and O–H groups in total. The van der Waals surface area contributed by atoms with Gasteiger partial charge in [-0.2, -0.15) is 0 Å². The van der Waals surface area contributed by atoms with Gasteiger partial charge in [-0.15, -0.1) is 0 Å². The summed E-state index contributed by atoms with van der Waals surface area (Å²) in [5.41, 5.74) is 0.323. The van der Waals surface area contributed by atoms with E-state index in [1.165, 1.54) is 18.2 Å². The molecular formula is C14H17FN2O2. The Morgan fingerprint density at radius 2 is 2.05 bits per heavy atom. The van der Waals surface area contributed by atoms with Crippen molar-refractivity contribution in [1.29, 1.82) is 0 Å². The molecule has 0 aliphatic heterocycles. The molecule has 1 aromatic rings. The monoisotopic (exact) mass is 264 g/mol. The molecular weight excluding hydrogens is 247 g/mol. The molecule has 0 aliphatic rings. The summed E-state index contributed by atoms with van der Waals surface area (Å²) in [5.74, 6) is -1.10. The zero-order valence-corrected chi connectivity index (χ0v) is 10.9. The summed E-state index contributed by atoms with van der Waals surface area (Å²) < 4.78 is 13.3. The third kappa shape index (κ3) is 4.91. The zero-order chi connectivity index (χ0) is 14.3. The first-order chi connectivity index (χ1) is 9.04. The van der Waals surface area contributed by atoms with Gasteiger partial charge in [-0.25, -0.2) is 4.39 Å². The average Bonchev–Trinajstić information content (AvgIpc) is 2.38. The van der Waals surface area contributed by atoms with E-state index in [9.17, 15) is 14.0 Å². The minimum Gasteiger partial charge on any atom is -0.355 e. The van der Waals surface area contributed by atoms with E-state index in [1.54, 1.807) is 32.0 Å². The number of hydrogen-bond donors (Lipinski definition) is 2. The SMILES string of the molecule is CCNC(=O)C(C)NC(=O)/C=C/c1ccccc1F. The molecule has 0 spiro atoms.